The molecule has 0 unspecified atom stereocenters. The minimum absolute atomic E-state index is 0.130. The number of carbonyl (C=O) groups excluding carboxylic acids is 1. The van der Waals surface area contributed by atoms with Crippen LogP contribution < -0.4 is 31.0 Å². The Balaban J connectivity index is 1.46. The van der Waals surface area contributed by atoms with E-state index in [1.54, 1.807) is 49.6 Å². The zero-order valence-electron chi connectivity index (χ0n) is 28.3. The highest BCUT2D eigenvalue weighted by Crippen LogP contribution is 2.44. The van der Waals surface area contributed by atoms with Gasteiger partial charge >= 0.3 is 0 Å². The topological polar surface area (TPSA) is 236 Å². The standard InChI is InChI=1S/C34H33N9O7S3/c1-49-21-7-3-19(4-8-21)15-38-53(47,48)31-27(52(45,46)23-16-37-17-23)14-13-24(25-11-12-26(32(35)44)30-29(25)39-34(36)51-30)28(31)33-40-42-43(41-33)18-20-5-9-22(50-2)10-6-20/h3-14,23,37-38H,15-18H2,1-2H3,(H2,35,44)(H2,36,39). The molecular weight excluding hydrogens is 743 g/mol. The molecule has 1 aliphatic heterocycles. The summed E-state index contributed by atoms with van der Waals surface area (Å²) in [6.45, 7) is 0.248. The van der Waals surface area contributed by atoms with Crippen molar-refractivity contribution in [2.75, 3.05) is 33.0 Å². The molecule has 0 atom stereocenters. The average Bonchev–Trinajstić information content (AvgIpc) is 3.75. The monoisotopic (exact) mass is 775 g/mol. The summed E-state index contributed by atoms with van der Waals surface area (Å²) in [7, 11) is -5.83. The fraction of sp³-hybridized carbons (Fsp3) is 0.206. The number of sulfonamides is 1. The smallest absolute Gasteiger partial charge is 0.250 e. The lowest BCUT2D eigenvalue weighted by atomic mass is 9.96. The van der Waals surface area contributed by atoms with Gasteiger partial charge in [-0.3, -0.25) is 4.79 Å². The summed E-state index contributed by atoms with van der Waals surface area (Å²) in [5.74, 6) is 0.348. The summed E-state index contributed by atoms with van der Waals surface area (Å²) >= 11 is 1.03. The molecule has 1 aliphatic rings. The van der Waals surface area contributed by atoms with Gasteiger partial charge in [-0.05, 0) is 58.3 Å². The number of aromatic nitrogens is 5. The van der Waals surface area contributed by atoms with Crippen molar-refractivity contribution in [1.29, 1.82) is 0 Å². The van der Waals surface area contributed by atoms with Crippen molar-refractivity contribution in [2.24, 2.45) is 5.73 Å². The number of sulfone groups is 1. The van der Waals surface area contributed by atoms with Crippen LogP contribution in [-0.4, -0.2) is 80.5 Å². The van der Waals surface area contributed by atoms with Crippen LogP contribution in [0.1, 0.15) is 21.5 Å². The highest BCUT2D eigenvalue weighted by Gasteiger charge is 2.40. The van der Waals surface area contributed by atoms with Crippen molar-refractivity contribution >= 4 is 52.5 Å². The Morgan fingerprint density at radius 3 is 2.17 bits per heavy atom. The molecule has 274 valence electrons. The number of methoxy groups -OCH3 is 2. The number of nitrogen functional groups attached to an aromatic ring is 1. The number of fused-ring (bicyclic) bond motifs is 1. The molecule has 53 heavy (non-hydrogen) atoms. The van der Waals surface area contributed by atoms with Gasteiger partial charge < -0.3 is 26.3 Å². The van der Waals surface area contributed by atoms with Gasteiger partial charge in [-0.2, -0.15) is 4.80 Å². The van der Waals surface area contributed by atoms with Gasteiger partial charge in [0.1, 0.15) is 16.4 Å². The summed E-state index contributed by atoms with van der Waals surface area (Å²) in [4.78, 5) is 17.1. The van der Waals surface area contributed by atoms with Crippen LogP contribution in [-0.2, 0) is 33.0 Å². The normalized spacial score (nSPS) is 13.5. The molecule has 4 aromatic carbocycles. The number of nitrogens with one attached hydrogen (secondary N) is 2. The van der Waals surface area contributed by atoms with Gasteiger partial charge in [0.2, 0.25) is 21.8 Å². The maximum Gasteiger partial charge on any atom is 0.250 e. The minimum atomic E-state index is -4.67. The number of nitrogens with two attached hydrogens (primary N) is 2. The number of tetrazole rings is 1. The summed E-state index contributed by atoms with van der Waals surface area (Å²) in [6.07, 6.45) is 0. The van der Waals surface area contributed by atoms with Crippen LogP contribution in [0.3, 0.4) is 0 Å². The molecule has 6 aromatic rings. The summed E-state index contributed by atoms with van der Waals surface area (Å²) in [6, 6.07) is 19.7. The average molecular weight is 776 g/mol. The number of rotatable bonds is 13. The first-order valence-corrected chi connectivity index (χ1v) is 19.9. The summed E-state index contributed by atoms with van der Waals surface area (Å²) in [5.41, 5.74) is 14.0. The molecule has 0 saturated carbocycles. The molecule has 16 nitrogen and oxygen atoms in total. The number of benzene rings is 4. The first-order chi connectivity index (χ1) is 25.4. The number of nitrogens with zero attached hydrogens (tertiary/aromatic N) is 5. The van der Waals surface area contributed by atoms with Gasteiger partial charge in [-0.25, -0.2) is 26.5 Å². The van der Waals surface area contributed by atoms with Crippen molar-refractivity contribution in [3.05, 3.63) is 89.5 Å². The highest BCUT2D eigenvalue weighted by atomic mass is 32.2. The first kappa shape index (κ1) is 35.9. The van der Waals surface area contributed by atoms with E-state index in [4.69, 9.17) is 20.9 Å². The van der Waals surface area contributed by atoms with E-state index in [9.17, 15) is 21.6 Å². The van der Waals surface area contributed by atoms with Crippen molar-refractivity contribution < 1.29 is 31.1 Å². The van der Waals surface area contributed by atoms with Crippen LogP contribution in [0.25, 0.3) is 32.7 Å². The van der Waals surface area contributed by atoms with Gasteiger partial charge in [0, 0.05) is 25.2 Å². The third-order valence-electron chi connectivity index (χ3n) is 8.78. The summed E-state index contributed by atoms with van der Waals surface area (Å²) in [5, 5.41) is 15.3. The number of anilines is 1. The fourth-order valence-electron chi connectivity index (χ4n) is 5.89. The van der Waals surface area contributed by atoms with Crippen molar-refractivity contribution in [3.8, 4) is 34.0 Å². The molecular formula is C34H33N9O7S3. The molecule has 0 bridgehead atoms. The Morgan fingerprint density at radius 2 is 1.57 bits per heavy atom. The Morgan fingerprint density at radius 1 is 0.925 bits per heavy atom. The van der Waals surface area contributed by atoms with Crippen LogP contribution in [0.4, 0.5) is 5.13 Å². The Labute approximate surface area is 308 Å². The third-order valence-corrected chi connectivity index (χ3v) is 13.5. The molecule has 0 radical (unpaired) electrons. The molecule has 1 saturated heterocycles. The largest absolute Gasteiger partial charge is 0.497 e. The van der Waals surface area contributed by atoms with E-state index >= 15 is 0 Å². The summed E-state index contributed by atoms with van der Waals surface area (Å²) < 4.78 is 71.2. The first-order valence-electron chi connectivity index (χ1n) is 16.0. The van der Waals surface area contributed by atoms with E-state index in [0.29, 0.717) is 27.3 Å². The molecule has 1 fully saturated rings. The van der Waals surface area contributed by atoms with E-state index in [1.165, 1.54) is 30.1 Å². The lowest BCUT2D eigenvalue weighted by molar-refractivity contribution is 0.100. The predicted molar refractivity (Wildman–Crippen MR) is 198 cm³/mol. The van der Waals surface area contributed by atoms with Gasteiger partial charge in [-0.1, -0.05) is 47.7 Å². The molecule has 1 amide bonds. The fourth-order valence-corrected chi connectivity index (χ4v) is 10.4. The van der Waals surface area contributed by atoms with E-state index in [1.807, 2.05) is 12.1 Å². The lowest BCUT2D eigenvalue weighted by Gasteiger charge is -2.28. The number of hydrogen-bond donors (Lipinski definition) is 4. The zero-order chi connectivity index (χ0) is 37.5. The molecule has 19 heteroatoms. The number of thiazole rings is 1. The molecule has 6 N–H and O–H groups in total. The third kappa shape index (κ3) is 6.91. The Kier molecular flexibility index (Phi) is 9.60. The maximum absolute atomic E-state index is 14.7. The Bertz CT molecular complexity index is 2570. The Hall–Kier alpha value is -5.47. The highest BCUT2D eigenvalue weighted by molar-refractivity contribution is 7.94. The number of ether oxygens (including phenoxy) is 2. The van der Waals surface area contributed by atoms with Crippen LogP contribution in [0, 0.1) is 0 Å². The predicted octanol–water partition coefficient (Wildman–Crippen LogP) is 2.59. The maximum atomic E-state index is 14.7. The number of amides is 1. The van der Waals surface area contributed by atoms with Crippen molar-refractivity contribution in [1.82, 2.24) is 35.2 Å². The second-order valence-electron chi connectivity index (χ2n) is 12.1. The van der Waals surface area contributed by atoms with E-state index in [-0.39, 0.29) is 59.3 Å². The molecule has 7 rings (SSSR count). The minimum Gasteiger partial charge on any atom is -0.497 e. The van der Waals surface area contributed by atoms with Gasteiger partial charge in [0.05, 0.1) is 52.3 Å². The van der Waals surface area contributed by atoms with E-state index < -0.39 is 40.8 Å². The van der Waals surface area contributed by atoms with Crippen molar-refractivity contribution in [3.63, 3.8) is 0 Å². The second kappa shape index (κ2) is 14.2. The number of primary amides is 1. The van der Waals surface area contributed by atoms with E-state index in [2.05, 4.69) is 30.4 Å². The SMILES string of the molecule is COc1ccc(CNS(=O)(=O)c2c(S(=O)(=O)C3CNC3)ccc(-c3ccc(C(N)=O)c4sc(N)nc34)c2-c2nnn(Cc3ccc(OC)cc3)n2)cc1. The number of carbonyl (C=O) groups is 1. The molecule has 0 aliphatic carbocycles. The quantitative estimate of drug-likeness (QED) is 0.132. The molecule has 0 spiro atoms. The van der Waals surface area contributed by atoms with Crippen LogP contribution >= 0.6 is 11.3 Å². The van der Waals surface area contributed by atoms with Crippen LogP contribution in [0.2, 0.25) is 0 Å². The zero-order valence-corrected chi connectivity index (χ0v) is 30.8. The molecule has 2 aromatic heterocycles. The van der Waals surface area contributed by atoms with Gasteiger partial charge in [-0.15, -0.1) is 10.2 Å². The lowest BCUT2D eigenvalue weighted by Crippen LogP contribution is -2.51. The van der Waals surface area contributed by atoms with Crippen LogP contribution in [0.5, 0.6) is 11.5 Å². The van der Waals surface area contributed by atoms with Gasteiger partial charge in [0.15, 0.2) is 15.0 Å². The van der Waals surface area contributed by atoms with Crippen LogP contribution in [0.15, 0.2) is 82.6 Å². The van der Waals surface area contributed by atoms with Gasteiger partial charge in [0.25, 0.3) is 0 Å². The second-order valence-corrected chi connectivity index (χ2v) is 17.0. The molecule has 3 heterocycles. The van der Waals surface area contributed by atoms with E-state index in [0.717, 1.165) is 16.9 Å². The van der Waals surface area contributed by atoms with Crippen molar-refractivity contribution in [2.45, 2.75) is 28.1 Å². The number of hydrogen-bond acceptors (Lipinski definition) is 14.